The number of ether oxygens (including phenoxy) is 1. The van der Waals surface area contributed by atoms with Crippen molar-refractivity contribution in [2.24, 2.45) is 0 Å². The molecule has 162 valence electrons. The lowest BCUT2D eigenvalue weighted by Crippen LogP contribution is -2.49. The molecule has 4 rings (SSSR count). The molecule has 1 amide bonds. The number of anilines is 1. The van der Waals surface area contributed by atoms with Crippen molar-refractivity contribution in [3.63, 3.8) is 0 Å². The van der Waals surface area contributed by atoms with Gasteiger partial charge in [0.15, 0.2) is 6.61 Å². The zero-order chi connectivity index (χ0) is 21.8. The van der Waals surface area contributed by atoms with Crippen molar-refractivity contribution < 1.29 is 22.7 Å². The third kappa shape index (κ3) is 5.26. The molecule has 0 unspecified atom stereocenters. The van der Waals surface area contributed by atoms with Crippen LogP contribution in [0.1, 0.15) is 10.5 Å². The van der Waals surface area contributed by atoms with Crippen LogP contribution in [0.4, 0.5) is 19.0 Å². The third-order valence-electron chi connectivity index (χ3n) is 4.51. The maximum Gasteiger partial charge on any atom is 0.422 e. The molecule has 1 aliphatic heterocycles. The van der Waals surface area contributed by atoms with E-state index in [-0.39, 0.29) is 11.8 Å². The maximum atomic E-state index is 12.8. The van der Waals surface area contributed by atoms with Gasteiger partial charge in [0.2, 0.25) is 5.88 Å². The first kappa shape index (κ1) is 21.0. The number of piperazine rings is 1. The van der Waals surface area contributed by atoms with Crippen LogP contribution in [0.25, 0.3) is 10.7 Å². The van der Waals surface area contributed by atoms with E-state index >= 15 is 0 Å². The minimum absolute atomic E-state index is 0.148. The molecule has 4 heterocycles. The fourth-order valence-corrected chi connectivity index (χ4v) is 3.79. The summed E-state index contributed by atoms with van der Waals surface area (Å²) >= 11 is 1.36. The highest BCUT2D eigenvalue weighted by atomic mass is 32.1. The molecule has 0 spiro atoms. The molecule has 1 fully saturated rings. The van der Waals surface area contributed by atoms with Gasteiger partial charge in [0.25, 0.3) is 5.91 Å². The number of aromatic nitrogens is 4. The third-order valence-corrected chi connectivity index (χ3v) is 5.37. The number of pyridine rings is 1. The normalized spacial score (nSPS) is 14.5. The molecule has 0 atom stereocenters. The molecule has 0 aromatic carbocycles. The molecule has 3 aromatic heterocycles. The monoisotopic (exact) mass is 450 g/mol. The highest BCUT2D eigenvalue weighted by Crippen LogP contribution is 2.24. The van der Waals surface area contributed by atoms with E-state index in [0.29, 0.717) is 48.4 Å². The first-order valence-electron chi connectivity index (χ1n) is 9.32. The summed E-state index contributed by atoms with van der Waals surface area (Å²) in [4.78, 5) is 32.8. The minimum atomic E-state index is -4.44. The van der Waals surface area contributed by atoms with E-state index in [9.17, 15) is 18.0 Å². The lowest BCUT2D eigenvalue weighted by atomic mass is 10.3. The highest BCUT2D eigenvalue weighted by molar-refractivity contribution is 7.13. The standard InChI is InChI=1S/C19H17F3N6O2S/c20-19(21,22)11-30-16-9-15(24-12-25-16)27-5-7-28(8-6-27)18(29)14-10-31-17(26-14)13-3-1-2-4-23-13/h1-4,9-10,12H,5-8,11H2. The quantitative estimate of drug-likeness (QED) is 0.591. The van der Waals surface area contributed by atoms with Crippen molar-refractivity contribution >= 4 is 23.1 Å². The molecule has 12 heteroatoms. The van der Waals surface area contributed by atoms with Gasteiger partial charge in [-0.1, -0.05) is 6.07 Å². The van der Waals surface area contributed by atoms with Crippen LogP contribution in [0.15, 0.2) is 42.2 Å². The predicted molar refractivity (Wildman–Crippen MR) is 107 cm³/mol. The van der Waals surface area contributed by atoms with Gasteiger partial charge in [0, 0.05) is 43.8 Å². The van der Waals surface area contributed by atoms with Gasteiger partial charge in [0.05, 0.1) is 5.69 Å². The number of carbonyl (C=O) groups is 1. The second kappa shape index (κ2) is 8.84. The van der Waals surface area contributed by atoms with Crippen molar-refractivity contribution in [3.8, 4) is 16.6 Å². The second-order valence-corrected chi connectivity index (χ2v) is 7.51. The Morgan fingerprint density at radius 3 is 2.65 bits per heavy atom. The summed E-state index contributed by atoms with van der Waals surface area (Å²) in [6.07, 6.45) is -1.61. The number of carbonyl (C=O) groups excluding carboxylic acids is 1. The number of hydrogen-bond acceptors (Lipinski definition) is 8. The summed E-state index contributed by atoms with van der Waals surface area (Å²) in [5.74, 6) is 0.130. The zero-order valence-electron chi connectivity index (χ0n) is 16.1. The molecule has 3 aromatic rings. The number of thiazole rings is 1. The van der Waals surface area contributed by atoms with Gasteiger partial charge >= 0.3 is 6.18 Å². The minimum Gasteiger partial charge on any atom is -0.468 e. The maximum absolute atomic E-state index is 12.8. The molecule has 0 bridgehead atoms. The van der Waals surface area contributed by atoms with Crippen molar-refractivity contribution in [1.82, 2.24) is 24.8 Å². The fraction of sp³-hybridized carbons (Fsp3) is 0.316. The SMILES string of the molecule is O=C(c1csc(-c2ccccn2)n1)N1CCN(c2cc(OCC(F)(F)F)ncn2)CC1. The molecule has 1 saturated heterocycles. The zero-order valence-corrected chi connectivity index (χ0v) is 16.9. The summed E-state index contributed by atoms with van der Waals surface area (Å²) in [6, 6.07) is 6.87. The van der Waals surface area contributed by atoms with Crippen LogP contribution in [0.2, 0.25) is 0 Å². The number of nitrogens with zero attached hydrogens (tertiary/aromatic N) is 6. The van der Waals surface area contributed by atoms with E-state index in [2.05, 4.69) is 24.7 Å². The van der Waals surface area contributed by atoms with Gasteiger partial charge in [-0.15, -0.1) is 11.3 Å². The van der Waals surface area contributed by atoms with Crippen LogP contribution < -0.4 is 9.64 Å². The summed E-state index contributed by atoms with van der Waals surface area (Å²) in [5, 5.41) is 2.39. The molecule has 0 N–H and O–H groups in total. The van der Waals surface area contributed by atoms with Crippen molar-refractivity contribution in [2.45, 2.75) is 6.18 Å². The second-order valence-electron chi connectivity index (χ2n) is 6.65. The Morgan fingerprint density at radius 2 is 1.94 bits per heavy atom. The van der Waals surface area contributed by atoms with E-state index in [4.69, 9.17) is 0 Å². The smallest absolute Gasteiger partial charge is 0.422 e. The van der Waals surface area contributed by atoms with Crippen molar-refractivity contribution in [1.29, 1.82) is 0 Å². The van der Waals surface area contributed by atoms with Gasteiger partial charge in [-0.3, -0.25) is 9.78 Å². The van der Waals surface area contributed by atoms with Gasteiger partial charge in [0.1, 0.15) is 22.8 Å². The highest BCUT2D eigenvalue weighted by Gasteiger charge is 2.29. The first-order valence-corrected chi connectivity index (χ1v) is 10.2. The average molecular weight is 450 g/mol. The molecular formula is C19H17F3N6O2S. The Balaban J connectivity index is 1.36. The van der Waals surface area contributed by atoms with E-state index in [1.807, 2.05) is 23.1 Å². The Hall–Kier alpha value is -3.28. The van der Waals surface area contributed by atoms with E-state index < -0.39 is 12.8 Å². The van der Waals surface area contributed by atoms with Crippen molar-refractivity contribution in [3.05, 3.63) is 47.9 Å². The van der Waals surface area contributed by atoms with Gasteiger partial charge in [-0.2, -0.15) is 13.2 Å². The Labute approximate surface area is 179 Å². The average Bonchev–Trinajstić information content (AvgIpc) is 3.28. The lowest BCUT2D eigenvalue weighted by Gasteiger charge is -2.35. The molecule has 0 saturated carbocycles. The summed E-state index contributed by atoms with van der Waals surface area (Å²) in [6.45, 7) is 0.382. The van der Waals surface area contributed by atoms with Crippen LogP contribution in [0.3, 0.4) is 0 Å². The Morgan fingerprint density at radius 1 is 1.13 bits per heavy atom. The van der Waals surface area contributed by atoms with E-state index in [1.54, 1.807) is 16.5 Å². The Kier molecular flexibility index (Phi) is 5.98. The molecule has 31 heavy (non-hydrogen) atoms. The topological polar surface area (TPSA) is 84.3 Å². The van der Waals surface area contributed by atoms with Gasteiger partial charge in [-0.05, 0) is 12.1 Å². The van der Waals surface area contributed by atoms with Gasteiger partial charge in [-0.25, -0.2) is 15.0 Å². The van der Waals surface area contributed by atoms with E-state index in [1.165, 1.54) is 17.4 Å². The number of amides is 1. The lowest BCUT2D eigenvalue weighted by molar-refractivity contribution is -0.154. The Bertz CT molecular complexity index is 1040. The molecule has 0 aliphatic carbocycles. The van der Waals surface area contributed by atoms with Crippen LogP contribution in [-0.2, 0) is 0 Å². The fourth-order valence-electron chi connectivity index (χ4n) is 3.02. The van der Waals surface area contributed by atoms with Gasteiger partial charge < -0.3 is 14.5 Å². The van der Waals surface area contributed by atoms with Crippen molar-refractivity contribution in [2.75, 3.05) is 37.7 Å². The first-order chi connectivity index (χ1) is 14.9. The molecule has 8 nitrogen and oxygen atoms in total. The number of alkyl halides is 3. The molecule has 0 radical (unpaired) electrons. The van der Waals surface area contributed by atoms with Crippen LogP contribution in [0, 0.1) is 0 Å². The molecular weight excluding hydrogens is 433 g/mol. The largest absolute Gasteiger partial charge is 0.468 e. The van der Waals surface area contributed by atoms with Crippen LogP contribution >= 0.6 is 11.3 Å². The van der Waals surface area contributed by atoms with Crippen LogP contribution in [0.5, 0.6) is 5.88 Å². The van der Waals surface area contributed by atoms with E-state index in [0.717, 1.165) is 6.33 Å². The number of hydrogen-bond donors (Lipinski definition) is 0. The molecule has 1 aliphatic rings. The van der Waals surface area contributed by atoms with Crippen LogP contribution in [-0.4, -0.2) is 69.7 Å². The number of halogens is 3. The predicted octanol–water partition coefficient (Wildman–Crippen LogP) is 2.90. The summed E-state index contributed by atoms with van der Waals surface area (Å²) in [5.41, 5.74) is 1.08. The summed E-state index contributed by atoms with van der Waals surface area (Å²) < 4.78 is 41.7. The summed E-state index contributed by atoms with van der Waals surface area (Å²) in [7, 11) is 0. The number of rotatable bonds is 5.